The molecule has 0 saturated heterocycles. The maximum absolute atomic E-state index is 12.1. The summed E-state index contributed by atoms with van der Waals surface area (Å²) in [7, 11) is -8.78. The lowest BCUT2D eigenvalue weighted by Crippen LogP contribution is -2.29. The van der Waals surface area contributed by atoms with Crippen molar-refractivity contribution in [2.24, 2.45) is 0 Å². The van der Waals surface area contributed by atoms with Crippen LogP contribution in [0.5, 0.6) is 23.0 Å². The normalized spacial score (nSPS) is 12.2. The average Bonchev–Trinajstić information content (AvgIpc) is 2.50. The fourth-order valence-electron chi connectivity index (χ4n) is 1.78. The molecule has 24 heavy (non-hydrogen) atoms. The second kappa shape index (κ2) is 6.19. The zero-order chi connectivity index (χ0) is 18.1. The summed E-state index contributed by atoms with van der Waals surface area (Å²) in [5, 5.41) is 37.7. The first-order chi connectivity index (χ1) is 11.0. The molecule has 0 amide bonds. The summed E-state index contributed by atoms with van der Waals surface area (Å²) >= 11 is 0. The molecule has 0 aliphatic rings. The van der Waals surface area contributed by atoms with Gasteiger partial charge in [-0.15, -0.1) is 0 Å². The monoisotopic (exact) mass is 375 g/mol. The van der Waals surface area contributed by atoms with Crippen molar-refractivity contribution in [1.29, 1.82) is 0 Å². The lowest BCUT2D eigenvalue weighted by Gasteiger charge is -2.10. The molecule has 5 N–H and O–H groups in total. The van der Waals surface area contributed by atoms with Gasteiger partial charge in [0.15, 0.2) is 9.84 Å². The first-order valence-electron chi connectivity index (χ1n) is 6.29. The molecular formula is C13H13NO8S2. The van der Waals surface area contributed by atoms with Gasteiger partial charge in [-0.25, -0.2) is 16.8 Å². The highest BCUT2D eigenvalue weighted by Gasteiger charge is 2.25. The third-order valence-corrected chi connectivity index (χ3v) is 6.08. The van der Waals surface area contributed by atoms with Gasteiger partial charge in [0.2, 0.25) is 10.0 Å². The number of sulfonamides is 1. The molecule has 0 aliphatic carbocycles. The van der Waals surface area contributed by atoms with Crippen LogP contribution in [0.15, 0.2) is 46.2 Å². The Labute approximate surface area is 137 Å². The Bertz CT molecular complexity index is 902. The van der Waals surface area contributed by atoms with Gasteiger partial charge < -0.3 is 20.4 Å². The zero-order valence-corrected chi connectivity index (χ0v) is 13.5. The maximum Gasteiger partial charge on any atom is 0.245 e. The molecule has 9 nitrogen and oxygen atoms in total. The molecule has 2 aromatic rings. The quantitative estimate of drug-likeness (QED) is 0.464. The zero-order valence-electron chi connectivity index (χ0n) is 11.9. The number of rotatable bonds is 5. The molecule has 0 bridgehead atoms. The van der Waals surface area contributed by atoms with Crippen LogP contribution in [0.4, 0.5) is 0 Å². The number of nitrogens with one attached hydrogen (secondary N) is 1. The standard InChI is InChI=1S/C13H13NO8S2/c15-8-1-3-10(17)12(5-8)23(19,20)7-14-24(21,22)13-6-9(16)2-4-11(13)18/h1-6,14-18H,7H2. The summed E-state index contributed by atoms with van der Waals surface area (Å²) in [6.45, 7) is 0. The summed E-state index contributed by atoms with van der Waals surface area (Å²) in [6, 6.07) is 5.50. The Morgan fingerprint density at radius 1 is 0.750 bits per heavy atom. The number of benzene rings is 2. The van der Waals surface area contributed by atoms with Gasteiger partial charge in [0.05, 0.1) is 0 Å². The van der Waals surface area contributed by atoms with Crippen molar-refractivity contribution in [3.05, 3.63) is 36.4 Å². The minimum Gasteiger partial charge on any atom is -0.508 e. The topological polar surface area (TPSA) is 161 Å². The van der Waals surface area contributed by atoms with E-state index in [-0.39, 0.29) is 0 Å². The molecule has 11 heteroatoms. The van der Waals surface area contributed by atoms with Crippen LogP contribution in [0.3, 0.4) is 0 Å². The van der Waals surface area contributed by atoms with E-state index in [0.717, 1.165) is 36.4 Å². The molecule has 0 unspecified atom stereocenters. The maximum atomic E-state index is 12.1. The van der Waals surface area contributed by atoms with Crippen LogP contribution >= 0.6 is 0 Å². The number of phenolic OH excluding ortho intramolecular Hbond substituents is 4. The lowest BCUT2D eigenvalue weighted by atomic mass is 10.3. The smallest absolute Gasteiger partial charge is 0.245 e. The highest BCUT2D eigenvalue weighted by atomic mass is 32.2. The molecule has 0 radical (unpaired) electrons. The van der Waals surface area contributed by atoms with Gasteiger partial charge in [-0.1, -0.05) is 0 Å². The van der Waals surface area contributed by atoms with E-state index in [1.165, 1.54) is 0 Å². The van der Waals surface area contributed by atoms with Crippen LogP contribution in [-0.2, 0) is 19.9 Å². The first-order valence-corrected chi connectivity index (χ1v) is 9.43. The second-order valence-electron chi connectivity index (χ2n) is 4.71. The van der Waals surface area contributed by atoms with Crippen molar-refractivity contribution in [2.45, 2.75) is 9.79 Å². The van der Waals surface area contributed by atoms with E-state index >= 15 is 0 Å². The molecule has 2 rings (SSSR count). The van der Waals surface area contributed by atoms with Crippen molar-refractivity contribution in [3.63, 3.8) is 0 Å². The van der Waals surface area contributed by atoms with Gasteiger partial charge in [0.25, 0.3) is 0 Å². The van der Waals surface area contributed by atoms with Gasteiger partial charge in [-0.3, -0.25) is 0 Å². The number of hydrogen-bond donors (Lipinski definition) is 5. The summed E-state index contributed by atoms with van der Waals surface area (Å²) < 4.78 is 50.2. The summed E-state index contributed by atoms with van der Waals surface area (Å²) in [5.74, 6) is -3.35. The SMILES string of the molecule is O=S(=O)(CNS(=O)(=O)c1cc(O)ccc1O)c1cc(O)ccc1O. The van der Waals surface area contributed by atoms with Crippen molar-refractivity contribution in [3.8, 4) is 23.0 Å². The van der Waals surface area contributed by atoms with Crippen molar-refractivity contribution in [1.82, 2.24) is 4.72 Å². The van der Waals surface area contributed by atoms with Gasteiger partial charge in [-0.05, 0) is 24.3 Å². The van der Waals surface area contributed by atoms with Crippen LogP contribution in [0.25, 0.3) is 0 Å². The van der Waals surface area contributed by atoms with Crippen molar-refractivity contribution in [2.75, 3.05) is 5.88 Å². The molecule has 0 fully saturated rings. The molecule has 2 aromatic carbocycles. The Morgan fingerprint density at radius 3 is 1.75 bits per heavy atom. The van der Waals surface area contributed by atoms with Gasteiger partial charge in [0, 0.05) is 12.1 Å². The van der Waals surface area contributed by atoms with Crippen LogP contribution < -0.4 is 4.72 Å². The number of sulfone groups is 1. The summed E-state index contributed by atoms with van der Waals surface area (Å²) in [5.41, 5.74) is 0. The number of aromatic hydroxyl groups is 4. The Hall–Kier alpha value is -2.50. The van der Waals surface area contributed by atoms with E-state index in [4.69, 9.17) is 0 Å². The van der Waals surface area contributed by atoms with Crippen molar-refractivity contribution >= 4 is 19.9 Å². The van der Waals surface area contributed by atoms with Gasteiger partial charge in [0.1, 0.15) is 38.7 Å². The Kier molecular flexibility index (Phi) is 4.60. The Morgan fingerprint density at radius 2 is 1.21 bits per heavy atom. The molecular weight excluding hydrogens is 362 g/mol. The number of phenols is 4. The van der Waals surface area contributed by atoms with Crippen LogP contribution in [-0.4, -0.2) is 43.1 Å². The van der Waals surface area contributed by atoms with E-state index in [0.29, 0.717) is 0 Å². The van der Waals surface area contributed by atoms with E-state index in [9.17, 15) is 37.3 Å². The van der Waals surface area contributed by atoms with Crippen LogP contribution in [0, 0.1) is 0 Å². The predicted molar refractivity (Wildman–Crippen MR) is 81.9 cm³/mol. The lowest BCUT2D eigenvalue weighted by molar-refractivity contribution is 0.444. The summed E-state index contributed by atoms with van der Waals surface area (Å²) in [4.78, 5) is -1.37. The second-order valence-corrected chi connectivity index (χ2v) is 8.40. The van der Waals surface area contributed by atoms with Crippen LogP contribution in [0.2, 0.25) is 0 Å². The molecule has 0 aromatic heterocycles. The number of hydrogen-bond acceptors (Lipinski definition) is 8. The third-order valence-electron chi connectivity index (χ3n) is 2.95. The minimum atomic E-state index is -4.46. The molecule has 0 spiro atoms. The largest absolute Gasteiger partial charge is 0.508 e. The fourth-order valence-corrected chi connectivity index (χ4v) is 4.64. The predicted octanol–water partition coefficient (Wildman–Crippen LogP) is 0.219. The van der Waals surface area contributed by atoms with E-state index in [1.807, 2.05) is 0 Å². The first kappa shape index (κ1) is 17.8. The fraction of sp³-hybridized carbons (Fsp3) is 0.0769. The highest BCUT2D eigenvalue weighted by Crippen LogP contribution is 2.29. The summed E-state index contributed by atoms with van der Waals surface area (Å²) in [6.07, 6.45) is 0. The molecule has 130 valence electrons. The van der Waals surface area contributed by atoms with Crippen molar-refractivity contribution < 1.29 is 37.3 Å². The van der Waals surface area contributed by atoms with Gasteiger partial charge >= 0.3 is 0 Å². The molecule has 0 atom stereocenters. The molecule has 0 heterocycles. The van der Waals surface area contributed by atoms with Crippen LogP contribution in [0.1, 0.15) is 0 Å². The highest BCUT2D eigenvalue weighted by molar-refractivity contribution is 7.94. The van der Waals surface area contributed by atoms with E-state index in [1.54, 1.807) is 4.72 Å². The van der Waals surface area contributed by atoms with Gasteiger partial charge in [-0.2, -0.15) is 4.72 Å². The third kappa shape index (κ3) is 3.69. The Balaban J connectivity index is 2.32. The van der Waals surface area contributed by atoms with E-state index < -0.39 is 58.5 Å². The van der Waals surface area contributed by atoms with E-state index in [2.05, 4.69) is 0 Å². The average molecular weight is 375 g/mol. The minimum absolute atomic E-state index is 0.431. The molecule has 0 saturated carbocycles. The molecule has 0 aliphatic heterocycles.